The van der Waals surface area contributed by atoms with Crippen LogP contribution >= 0.6 is 0 Å². The molecular formula is C21H36N4O2. The fraction of sp³-hybridized carbons (Fsp3) is 0.619. The molecule has 0 saturated carbocycles. The SMILES string of the molecule is CCNC(=NCC(CCO)CC(C)C)NCCC(=O)NCc1ccccc1. The third-order valence-electron chi connectivity index (χ3n) is 4.17. The van der Waals surface area contributed by atoms with Crippen molar-refractivity contribution in [1.82, 2.24) is 16.0 Å². The second kappa shape index (κ2) is 14.0. The Balaban J connectivity index is 2.38. The first-order valence-corrected chi connectivity index (χ1v) is 9.98. The van der Waals surface area contributed by atoms with Crippen molar-refractivity contribution in [3.8, 4) is 0 Å². The van der Waals surface area contributed by atoms with Crippen LogP contribution in [0.5, 0.6) is 0 Å². The number of nitrogens with one attached hydrogen (secondary N) is 3. The predicted molar refractivity (Wildman–Crippen MR) is 112 cm³/mol. The second-order valence-electron chi connectivity index (χ2n) is 7.17. The van der Waals surface area contributed by atoms with E-state index in [1.165, 1.54) is 0 Å². The third-order valence-corrected chi connectivity index (χ3v) is 4.17. The molecule has 0 aromatic heterocycles. The van der Waals surface area contributed by atoms with Crippen LogP contribution in [0, 0.1) is 11.8 Å². The van der Waals surface area contributed by atoms with Gasteiger partial charge in [-0.15, -0.1) is 0 Å². The van der Waals surface area contributed by atoms with Gasteiger partial charge >= 0.3 is 0 Å². The summed E-state index contributed by atoms with van der Waals surface area (Å²) in [5.41, 5.74) is 1.09. The van der Waals surface area contributed by atoms with Gasteiger partial charge in [0, 0.05) is 39.2 Å². The molecule has 1 rings (SSSR count). The minimum absolute atomic E-state index is 0.0140. The molecule has 4 N–H and O–H groups in total. The summed E-state index contributed by atoms with van der Waals surface area (Å²) < 4.78 is 0. The molecule has 1 aromatic carbocycles. The highest BCUT2D eigenvalue weighted by atomic mass is 16.3. The number of aliphatic hydroxyl groups is 1. The fourth-order valence-corrected chi connectivity index (χ4v) is 2.87. The molecule has 0 aliphatic heterocycles. The average Bonchev–Trinajstić information content (AvgIpc) is 2.65. The van der Waals surface area contributed by atoms with Gasteiger partial charge in [-0.25, -0.2) is 0 Å². The average molecular weight is 377 g/mol. The first kappa shape index (κ1) is 23.0. The number of rotatable bonds is 12. The third kappa shape index (κ3) is 11.3. The van der Waals surface area contributed by atoms with Gasteiger partial charge in [0.25, 0.3) is 0 Å². The number of nitrogens with zero attached hydrogens (tertiary/aromatic N) is 1. The standard InChI is InChI=1S/C21H36N4O2/c1-4-22-21(25-16-19(11-13-26)14-17(2)3)23-12-10-20(27)24-15-18-8-6-5-7-9-18/h5-9,17,19,26H,4,10-16H2,1-3H3,(H,24,27)(H2,22,23,25). The predicted octanol–water partition coefficient (Wildman–Crippen LogP) is 2.29. The number of carbonyl (C=O) groups excluding carboxylic acids is 1. The largest absolute Gasteiger partial charge is 0.396 e. The molecule has 0 bridgehead atoms. The maximum Gasteiger partial charge on any atom is 0.222 e. The number of aliphatic hydroxyl groups excluding tert-OH is 1. The molecule has 27 heavy (non-hydrogen) atoms. The lowest BCUT2D eigenvalue weighted by Crippen LogP contribution is -2.39. The van der Waals surface area contributed by atoms with E-state index in [4.69, 9.17) is 0 Å². The first-order chi connectivity index (χ1) is 13.0. The molecule has 0 spiro atoms. The van der Waals surface area contributed by atoms with Crippen molar-refractivity contribution in [1.29, 1.82) is 0 Å². The van der Waals surface area contributed by atoms with Gasteiger partial charge in [-0.3, -0.25) is 9.79 Å². The number of benzene rings is 1. The van der Waals surface area contributed by atoms with Crippen molar-refractivity contribution in [3.63, 3.8) is 0 Å². The molecule has 0 radical (unpaired) electrons. The lowest BCUT2D eigenvalue weighted by molar-refractivity contribution is -0.121. The summed E-state index contributed by atoms with van der Waals surface area (Å²) in [6.45, 7) is 9.10. The maximum atomic E-state index is 12.0. The number of aliphatic imine (C=N–C) groups is 1. The van der Waals surface area contributed by atoms with E-state index in [0.717, 1.165) is 30.9 Å². The van der Waals surface area contributed by atoms with Crippen molar-refractivity contribution in [2.75, 3.05) is 26.2 Å². The lowest BCUT2D eigenvalue weighted by Gasteiger charge is -2.17. The molecule has 0 saturated heterocycles. The Morgan fingerprint density at radius 3 is 2.52 bits per heavy atom. The van der Waals surface area contributed by atoms with Crippen molar-refractivity contribution >= 4 is 11.9 Å². The zero-order valence-electron chi connectivity index (χ0n) is 17.0. The minimum Gasteiger partial charge on any atom is -0.396 e. The normalized spacial score (nSPS) is 12.7. The quantitative estimate of drug-likeness (QED) is 0.333. The van der Waals surface area contributed by atoms with Crippen molar-refractivity contribution < 1.29 is 9.90 Å². The summed E-state index contributed by atoms with van der Waals surface area (Å²) in [7, 11) is 0. The number of hydrogen-bond acceptors (Lipinski definition) is 3. The van der Waals surface area contributed by atoms with Crippen LogP contribution in [0.3, 0.4) is 0 Å². The molecule has 0 aliphatic rings. The Kier molecular flexibility index (Phi) is 11.9. The van der Waals surface area contributed by atoms with Crippen LogP contribution in [0.1, 0.15) is 45.6 Å². The summed E-state index contributed by atoms with van der Waals surface area (Å²) in [4.78, 5) is 16.6. The molecule has 6 heteroatoms. The summed E-state index contributed by atoms with van der Waals surface area (Å²) in [6, 6.07) is 9.88. The highest BCUT2D eigenvalue weighted by molar-refractivity contribution is 5.81. The Bertz CT molecular complexity index is 546. The summed E-state index contributed by atoms with van der Waals surface area (Å²) >= 11 is 0. The second-order valence-corrected chi connectivity index (χ2v) is 7.17. The molecule has 152 valence electrons. The summed E-state index contributed by atoms with van der Waals surface area (Å²) in [5, 5.41) is 18.6. The molecule has 1 unspecified atom stereocenters. The number of carbonyl (C=O) groups is 1. The Morgan fingerprint density at radius 1 is 1.15 bits per heavy atom. The van der Waals surface area contributed by atoms with E-state index in [1.807, 2.05) is 37.3 Å². The van der Waals surface area contributed by atoms with E-state index < -0.39 is 0 Å². The van der Waals surface area contributed by atoms with Crippen LogP contribution in [0.25, 0.3) is 0 Å². The minimum atomic E-state index is 0.0140. The lowest BCUT2D eigenvalue weighted by atomic mass is 9.94. The smallest absolute Gasteiger partial charge is 0.222 e. The Morgan fingerprint density at radius 2 is 1.89 bits per heavy atom. The van der Waals surface area contributed by atoms with Crippen LogP contribution in [0.2, 0.25) is 0 Å². The van der Waals surface area contributed by atoms with Crippen molar-refractivity contribution in [2.24, 2.45) is 16.8 Å². The van der Waals surface area contributed by atoms with Crippen LogP contribution in [0.4, 0.5) is 0 Å². The summed E-state index contributed by atoms with van der Waals surface area (Å²) in [6.07, 6.45) is 2.21. The van der Waals surface area contributed by atoms with Gasteiger partial charge in [0.2, 0.25) is 5.91 Å². The topological polar surface area (TPSA) is 85.8 Å². The molecule has 6 nitrogen and oxygen atoms in total. The molecule has 0 fully saturated rings. The monoisotopic (exact) mass is 376 g/mol. The molecule has 0 heterocycles. The maximum absolute atomic E-state index is 12.0. The first-order valence-electron chi connectivity index (χ1n) is 9.98. The van der Waals surface area contributed by atoms with Gasteiger partial charge in [-0.05, 0) is 37.2 Å². The fourth-order valence-electron chi connectivity index (χ4n) is 2.87. The van der Waals surface area contributed by atoms with Gasteiger partial charge in [-0.2, -0.15) is 0 Å². The molecule has 1 aromatic rings. The van der Waals surface area contributed by atoms with E-state index in [-0.39, 0.29) is 12.5 Å². The van der Waals surface area contributed by atoms with E-state index in [1.54, 1.807) is 0 Å². The molecule has 0 aliphatic carbocycles. The van der Waals surface area contributed by atoms with Crippen LogP contribution < -0.4 is 16.0 Å². The van der Waals surface area contributed by atoms with E-state index in [0.29, 0.717) is 37.9 Å². The Hall–Kier alpha value is -2.08. The van der Waals surface area contributed by atoms with Crippen LogP contribution in [-0.4, -0.2) is 43.2 Å². The number of hydrogen-bond donors (Lipinski definition) is 4. The van der Waals surface area contributed by atoms with E-state index >= 15 is 0 Å². The zero-order valence-corrected chi connectivity index (χ0v) is 17.0. The number of guanidine groups is 1. The van der Waals surface area contributed by atoms with E-state index in [2.05, 4.69) is 34.8 Å². The zero-order chi connectivity index (χ0) is 19.9. The van der Waals surface area contributed by atoms with Crippen molar-refractivity contribution in [2.45, 2.75) is 46.6 Å². The number of amides is 1. The highest BCUT2D eigenvalue weighted by Crippen LogP contribution is 2.15. The van der Waals surface area contributed by atoms with Gasteiger partial charge in [0.15, 0.2) is 5.96 Å². The van der Waals surface area contributed by atoms with Gasteiger partial charge in [-0.1, -0.05) is 44.2 Å². The van der Waals surface area contributed by atoms with Crippen LogP contribution in [-0.2, 0) is 11.3 Å². The molecular weight excluding hydrogens is 340 g/mol. The Labute approximate surface area is 163 Å². The van der Waals surface area contributed by atoms with Crippen LogP contribution in [0.15, 0.2) is 35.3 Å². The summed E-state index contributed by atoms with van der Waals surface area (Å²) in [5.74, 6) is 1.69. The van der Waals surface area contributed by atoms with Gasteiger partial charge < -0.3 is 21.1 Å². The van der Waals surface area contributed by atoms with E-state index in [9.17, 15) is 9.90 Å². The van der Waals surface area contributed by atoms with Gasteiger partial charge in [0.1, 0.15) is 0 Å². The highest BCUT2D eigenvalue weighted by Gasteiger charge is 2.11. The molecule has 1 amide bonds. The van der Waals surface area contributed by atoms with Gasteiger partial charge in [0.05, 0.1) is 0 Å². The van der Waals surface area contributed by atoms with Crippen molar-refractivity contribution in [3.05, 3.63) is 35.9 Å². The molecule has 1 atom stereocenters.